The van der Waals surface area contributed by atoms with Crippen molar-refractivity contribution < 1.29 is 18.3 Å². The molecule has 18 heavy (non-hydrogen) atoms. The number of nitrogens with zero attached hydrogens (tertiary/aromatic N) is 1. The summed E-state index contributed by atoms with van der Waals surface area (Å²) in [5, 5.41) is 12.7. The van der Waals surface area contributed by atoms with Crippen LogP contribution in [0.5, 0.6) is 0 Å². The van der Waals surface area contributed by atoms with E-state index in [1.165, 1.54) is 0 Å². The Labute approximate surface area is 104 Å². The van der Waals surface area contributed by atoms with Crippen LogP contribution in [-0.2, 0) is 6.18 Å². The topological polar surface area (TPSA) is 45.1 Å². The molecule has 0 amide bonds. The zero-order valence-electron chi connectivity index (χ0n) is 10.4. The highest BCUT2D eigenvalue weighted by Gasteiger charge is 2.31. The maximum absolute atomic E-state index is 12.5. The van der Waals surface area contributed by atoms with Crippen molar-refractivity contribution >= 4 is 5.82 Å². The second kappa shape index (κ2) is 5.56. The normalized spacial score (nSPS) is 12.6. The highest BCUT2D eigenvalue weighted by atomic mass is 19.4. The molecule has 0 aliphatic carbocycles. The zero-order valence-corrected chi connectivity index (χ0v) is 10.4. The predicted octanol–water partition coefficient (Wildman–Crippen LogP) is 3.06. The van der Waals surface area contributed by atoms with Crippen LogP contribution in [0.1, 0.15) is 32.3 Å². The molecular weight excluding hydrogens is 245 g/mol. The number of aliphatic hydroxyl groups is 1. The van der Waals surface area contributed by atoms with E-state index < -0.39 is 17.3 Å². The first-order valence-electron chi connectivity index (χ1n) is 5.80. The summed E-state index contributed by atoms with van der Waals surface area (Å²) >= 11 is 0. The maximum Gasteiger partial charge on any atom is 0.416 e. The fourth-order valence-electron chi connectivity index (χ4n) is 1.46. The van der Waals surface area contributed by atoms with E-state index >= 15 is 0 Å². The molecule has 0 unspecified atom stereocenters. The van der Waals surface area contributed by atoms with E-state index in [1.54, 1.807) is 0 Å². The molecule has 0 aromatic carbocycles. The number of anilines is 1. The van der Waals surface area contributed by atoms with E-state index in [9.17, 15) is 18.3 Å². The average Bonchev–Trinajstić information content (AvgIpc) is 2.35. The Bertz CT molecular complexity index is 389. The fraction of sp³-hybridized carbons (Fsp3) is 0.583. The van der Waals surface area contributed by atoms with E-state index in [1.807, 2.05) is 13.8 Å². The molecule has 0 saturated carbocycles. The van der Waals surface area contributed by atoms with Crippen LogP contribution in [0.2, 0.25) is 0 Å². The van der Waals surface area contributed by atoms with Crippen LogP contribution in [0.25, 0.3) is 0 Å². The van der Waals surface area contributed by atoms with Gasteiger partial charge in [0.1, 0.15) is 5.82 Å². The second-order valence-electron chi connectivity index (χ2n) is 4.21. The van der Waals surface area contributed by atoms with Gasteiger partial charge >= 0.3 is 6.18 Å². The van der Waals surface area contributed by atoms with E-state index in [0.717, 1.165) is 18.3 Å². The monoisotopic (exact) mass is 262 g/mol. The fourth-order valence-corrected chi connectivity index (χ4v) is 1.46. The third-order valence-corrected chi connectivity index (χ3v) is 3.00. The highest BCUT2D eigenvalue weighted by molar-refractivity contribution is 5.38. The number of alkyl halides is 3. The molecule has 0 aliphatic heterocycles. The van der Waals surface area contributed by atoms with Gasteiger partial charge in [-0.2, -0.15) is 13.2 Å². The van der Waals surface area contributed by atoms with Crippen molar-refractivity contribution in [1.82, 2.24) is 4.98 Å². The predicted molar refractivity (Wildman–Crippen MR) is 63.3 cm³/mol. The van der Waals surface area contributed by atoms with Crippen LogP contribution in [0.4, 0.5) is 19.0 Å². The quantitative estimate of drug-likeness (QED) is 0.857. The molecule has 0 spiro atoms. The minimum absolute atomic E-state index is 0.116. The van der Waals surface area contributed by atoms with Gasteiger partial charge in [0.25, 0.3) is 0 Å². The smallest absolute Gasteiger partial charge is 0.388 e. The molecule has 0 atom stereocenters. The molecule has 1 aromatic heterocycles. The number of hydrogen-bond donors (Lipinski definition) is 2. The SMILES string of the molecule is CCC(O)(CC)CNc1cc(C(F)(F)F)ccn1. The largest absolute Gasteiger partial charge is 0.416 e. The summed E-state index contributed by atoms with van der Waals surface area (Å²) in [4.78, 5) is 3.80. The van der Waals surface area contributed by atoms with Crippen molar-refractivity contribution in [3.63, 3.8) is 0 Å². The molecule has 1 aromatic rings. The zero-order chi connectivity index (χ0) is 13.8. The minimum Gasteiger partial charge on any atom is -0.388 e. The van der Waals surface area contributed by atoms with E-state index in [2.05, 4.69) is 10.3 Å². The van der Waals surface area contributed by atoms with E-state index in [-0.39, 0.29) is 12.4 Å². The number of rotatable bonds is 5. The molecule has 3 nitrogen and oxygen atoms in total. The van der Waals surface area contributed by atoms with Crippen molar-refractivity contribution in [3.8, 4) is 0 Å². The Morgan fingerprint density at radius 1 is 1.28 bits per heavy atom. The third kappa shape index (κ3) is 3.87. The van der Waals surface area contributed by atoms with Crippen molar-refractivity contribution in [2.24, 2.45) is 0 Å². The lowest BCUT2D eigenvalue weighted by atomic mass is 9.98. The average molecular weight is 262 g/mol. The Balaban J connectivity index is 2.75. The summed E-state index contributed by atoms with van der Waals surface area (Å²) in [5.74, 6) is 0.116. The van der Waals surface area contributed by atoms with Crippen LogP contribution < -0.4 is 5.32 Å². The summed E-state index contributed by atoms with van der Waals surface area (Å²) in [6.45, 7) is 3.82. The van der Waals surface area contributed by atoms with Crippen LogP contribution in [0.15, 0.2) is 18.3 Å². The van der Waals surface area contributed by atoms with Crippen molar-refractivity contribution in [1.29, 1.82) is 0 Å². The lowest BCUT2D eigenvalue weighted by Gasteiger charge is -2.25. The van der Waals surface area contributed by atoms with Crippen molar-refractivity contribution in [2.45, 2.75) is 38.5 Å². The molecule has 0 radical (unpaired) electrons. The summed E-state index contributed by atoms with van der Waals surface area (Å²) in [6.07, 6.45) is -2.24. The molecule has 0 fully saturated rings. The molecule has 1 rings (SSSR count). The van der Waals surface area contributed by atoms with Crippen molar-refractivity contribution in [2.75, 3.05) is 11.9 Å². The molecule has 102 valence electrons. The maximum atomic E-state index is 12.5. The first kappa shape index (κ1) is 14.8. The van der Waals surface area contributed by atoms with Gasteiger partial charge in [-0.05, 0) is 25.0 Å². The van der Waals surface area contributed by atoms with Crippen LogP contribution in [0.3, 0.4) is 0 Å². The van der Waals surface area contributed by atoms with E-state index in [4.69, 9.17) is 0 Å². The molecule has 0 aliphatic rings. The van der Waals surface area contributed by atoms with Gasteiger partial charge in [0.15, 0.2) is 0 Å². The van der Waals surface area contributed by atoms with Gasteiger partial charge in [0.2, 0.25) is 0 Å². The summed E-state index contributed by atoms with van der Waals surface area (Å²) in [5.41, 5.74) is -1.67. The van der Waals surface area contributed by atoms with Gasteiger partial charge in [0, 0.05) is 12.7 Å². The van der Waals surface area contributed by atoms with E-state index in [0.29, 0.717) is 12.8 Å². The number of hydrogen-bond acceptors (Lipinski definition) is 3. The molecule has 6 heteroatoms. The summed E-state index contributed by atoms with van der Waals surface area (Å²) < 4.78 is 37.4. The molecular formula is C12H17F3N2O. The first-order valence-corrected chi connectivity index (χ1v) is 5.80. The third-order valence-electron chi connectivity index (χ3n) is 3.00. The number of pyridine rings is 1. The van der Waals surface area contributed by atoms with Gasteiger partial charge in [-0.25, -0.2) is 4.98 Å². The molecule has 1 heterocycles. The first-order chi connectivity index (χ1) is 8.30. The van der Waals surface area contributed by atoms with Crippen LogP contribution in [0, 0.1) is 0 Å². The van der Waals surface area contributed by atoms with Gasteiger partial charge < -0.3 is 10.4 Å². The van der Waals surface area contributed by atoms with Crippen LogP contribution >= 0.6 is 0 Å². The standard InChI is InChI=1S/C12H17F3N2O/c1-3-11(18,4-2)8-17-10-7-9(5-6-16-10)12(13,14)15/h5-7,18H,3-4,8H2,1-2H3,(H,16,17). The Hall–Kier alpha value is -1.30. The van der Waals surface area contributed by atoms with Crippen LogP contribution in [-0.4, -0.2) is 22.2 Å². The van der Waals surface area contributed by atoms with Gasteiger partial charge in [-0.15, -0.1) is 0 Å². The lowest BCUT2D eigenvalue weighted by molar-refractivity contribution is -0.137. The second-order valence-corrected chi connectivity index (χ2v) is 4.21. The summed E-state index contributed by atoms with van der Waals surface area (Å²) in [6, 6.07) is 1.85. The van der Waals surface area contributed by atoms with Crippen molar-refractivity contribution in [3.05, 3.63) is 23.9 Å². The Morgan fingerprint density at radius 3 is 2.39 bits per heavy atom. The molecule has 0 saturated heterocycles. The number of halogens is 3. The lowest BCUT2D eigenvalue weighted by Crippen LogP contribution is -2.35. The molecule has 0 bridgehead atoms. The van der Waals surface area contributed by atoms with Gasteiger partial charge in [-0.3, -0.25) is 0 Å². The van der Waals surface area contributed by atoms with Gasteiger partial charge in [-0.1, -0.05) is 13.8 Å². The Kier molecular flexibility index (Phi) is 4.56. The Morgan fingerprint density at radius 2 is 1.89 bits per heavy atom. The van der Waals surface area contributed by atoms with Gasteiger partial charge in [0.05, 0.1) is 11.2 Å². The number of aromatic nitrogens is 1. The molecule has 2 N–H and O–H groups in total. The summed E-state index contributed by atoms with van der Waals surface area (Å²) in [7, 11) is 0. The minimum atomic E-state index is -4.38. The number of nitrogens with one attached hydrogen (secondary N) is 1. The highest BCUT2D eigenvalue weighted by Crippen LogP contribution is 2.30.